The van der Waals surface area contributed by atoms with Gasteiger partial charge in [0, 0.05) is 4.47 Å². The highest BCUT2D eigenvalue weighted by molar-refractivity contribution is 9.10. The molecular weight excluding hydrogens is 322 g/mol. The van der Waals surface area contributed by atoms with E-state index in [1.807, 2.05) is 0 Å². The van der Waals surface area contributed by atoms with Crippen molar-refractivity contribution in [2.75, 3.05) is 6.54 Å². The Hall–Kier alpha value is -0.920. The number of carbonyl (C=O) groups excluding carboxylic acids is 1. The lowest BCUT2D eigenvalue weighted by molar-refractivity contribution is -0.145. The summed E-state index contributed by atoms with van der Waals surface area (Å²) in [5.74, 6) is -0.611. The number of sulfonamides is 1. The Labute approximate surface area is 115 Å². The minimum absolute atomic E-state index is 0.0855. The van der Waals surface area contributed by atoms with Crippen molar-refractivity contribution in [3.63, 3.8) is 0 Å². The number of rotatable bonds is 5. The first-order chi connectivity index (χ1) is 8.33. The van der Waals surface area contributed by atoms with Crippen LogP contribution in [0.25, 0.3) is 0 Å². The van der Waals surface area contributed by atoms with Crippen LogP contribution in [0.1, 0.15) is 13.8 Å². The summed E-state index contributed by atoms with van der Waals surface area (Å²) in [6, 6.07) is 6.36. The molecule has 0 radical (unpaired) electrons. The van der Waals surface area contributed by atoms with Gasteiger partial charge in [-0.2, -0.15) is 4.72 Å². The maximum Gasteiger partial charge on any atom is 0.321 e. The zero-order chi connectivity index (χ0) is 13.8. The van der Waals surface area contributed by atoms with Crippen molar-refractivity contribution in [1.29, 1.82) is 0 Å². The van der Waals surface area contributed by atoms with Gasteiger partial charge in [-0.1, -0.05) is 12.1 Å². The number of nitrogens with one attached hydrogen (secondary N) is 1. The van der Waals surface area contributed by atoms with E-state index in [1.54, 1.807) is 32.0 Å². The number of hydrogen-bond donors (Lipinski definition) is 1. The second-order valence-corrected chi connectivity index (χ2v) is 6.38. The molecule has 0 fully saturated rings. The minimum atomic E-state index is -3.72. The standard InChI is InChI=1S/C11H14BrNO4S/c1-8(2)17-11(14)7-13-18(15,16)10-6-4-3-5-9(10)12/h3-6,8,13H,7H2,1-2H3. The molecule has 0 amide bonds. The average Bonchev–Trinajstić information content (AvgIpc) is 2.26. The van der Waals surface area contributed by atoms with E-state index in [1.165, 1.54) is 6.07 Å². The normalized spacial score (nSPS) is 11.6. The Bertz CT molecular complexity index is 528. The van der Waals surface area contributed by atoms with Gasteiger partial charge in [-0.05, 0) is 41.9 Å². The molecule has 0 atom stereocenters. The minimum Gasteiger partial charge on any atom is -0.462 e. The van der Waals surface area contributed by atoms with Crippen LogP contribution in [0, 0.1) is 0 Å². The maximum absolute atomic E-state index is 11.9. The van der Waals surface area contributed by atoms with Crippen molar-refractivity contribution in [2.45, 2.75) is 24.8 Å². The average molecular weight is 336 g/mol. The summed E-state index contributed by atoms with van der Waals surface area (Å²) in [6.07, 6.45) is -0.273. The summed E-state index contributed by atoms with van der Waals surface area (Å²) >= 11 is 3.14. The lowest BCUT2D eigenvalue weighted by Gasteiger charge is -2.10. The quantitative estimate of drug-likeness (QED) is 0.831. The van der Waals surface area contributed by atoms with Gasteiger partial charge in [0.25, 0.3) is 0 Å². The number of esters is 1. The molecule has 5 nitrogen and oxygen atoms in total. The van der Waals surface area contributed by atoms with Gasteiger partial charge in [0.05, 0.1) is 11.0 Å². The highest BCUT2D eigenvalue weighted by Crippen LogP contribution is 2.20. The lowest BCUT2D eigenvalue weighted by atomic mass is 10.4. The Morgan fingerprint density at radius 1 is 1.39 bits per heavy atom. The van der Waals surface area contributed by atoms with Gasteiger partial charge in [0.1, 0.15) is 6.54 Å². The Morgan fingerprint density at radius 3 is 2.56 bits per heavy atom. The summed E-state index contributed by atoms with van der Waals surface area (Å²) in [4.78, 5) is 11.3. The molecule has 0 saturated heterocycles. The fourth-order valence-corrected chi connectivity index (χ4v) is 3.17. The molecule has 0 aliphatic carbocycles. The van der Waals surface area contributed by atoms with Gasteiger partial charge in [0.15, 0.2) is 0 Å². The number of carbonyl (C=O) groups is 1. The maximum atomic E-state index is 11.9. The van der Waals surface area contributed by atoms with Crippen molar-refractivity contribution in [1.82, 2.24) is 4.72 Å². The van der Waals surface area contributed by atoms with Crippen LogP contribution < -0.4 is 4.72 Å². The third kappa shape index (κ3) is 4.40. The number of hydrogen-bond acceptors (Lipinski definition) is 4. The first-order valence-corrected chi connectivity index (χ1v) is 7.54. The number of benzene rings is 1. The molecule has 0 heterocycles. The number of ether oxygens (including phenoxy) is 1. The zero-order valence-corrected chi connectivity index (χ0v) is 12.4. The van der Waals surface area contributed by atoms with Crippen LogP contribution in [0.2, 0.25) is 0 Å². The van der Waals surface area contributed by atoms with E-state index in [0.717, 1.165) is 0 Å². The van der Waals surface area contributed by atoms with Crippen LogP contribution in [0.15, 0.2) is 33.6 Å². The highest BCUT2D eigenvalue weighted by Gasteiger charge is 2.18. The fraction of sp³-hybridized carbons (Fsp3) is 0.364. The summed E-state index contributed by atoms with van der Waals surface area (Å²) in [5.41, 5.74) is 0. The second kappa shape index (κ2) is 6.31. The van der Waals surface area contributed by atoms with Gasteiger partial charge < -0.3 is 4.74 Å². The molecule has 1 N–H and O–H groups in total. The molecular formula is C11H14BrNO4S. The van der Waals surface area contributed by atoms with E-state index in [4.69, 9.17) is 4.74 Å². The number of halogens is 1. The summed E-state index contributed by atoms with van der Waals surface area (Å²) < 4.78 is 31.3. The Kier molecular flexibility index (Phi) is 5.30. The van der Waals surface area contributed by atoms with E-state index < -0.39 is 16.0 Å². The molecule has 1 aromatic rings. The van der Waals surface area contributed by atoms with Crippen molar-refractivity contribution < 1.29 is 17.9 Å². The Balaban J connectivity index is 2.72. The highest BCUT2D eigenvalue weighted by atomic mass is 79.9. The van der Waals surface area contributed by atoms with Crippen LogP contribution >= 0.6 is 15.9 Å². The second-order valence-electron chi connectivity index (χ2n) is 3.79. The molecule has 0 spiro atoms. The largest absolute Gasteiger partial charge is 0.462 e. The van der Waals surface area contributed by atoms with E-state index in [0.29, 0.717) is 4.47 Å². The molecule has 0 bridgehead atoms. The zero-order valence-electron chi connectivity index (χ0n) is 10.0. The molecule has 0 aliphatic rings. The third-order valence-corrected chi connectivity index (χ3v) is 4.31. The van der Waals surface area contributed by atoms with Gasteiger partial charge >= 0.3 is 5.97 Å². The van der Waals surface area contributed by atoms with E-state index >= 15 is 0 Å². The molecule has 7 heteroatoms. The molecule has 0 unspecified atom stereocenters. The summed E-state index contributed by atoms with van der Waals surface area (Å²) in [6.45, 7) is 3.00. The fourth-order valence-electron chi connectivity index (χ4n) is 1.20. The van der Waals surface area contributed by atoms with E-state index in [2.05, 4.69) is 20.7 Å². The molecule has 0 aromatic heterocycles. The smallest absolute Gasteiger partial charge is 0.321 e. The van der Waals surface area contributed by atoms with Gasteiger partial charge in [0.2, 0.25) is 10.0 Å². The first-order valence-electron chi connectivity index (χ1n) is 5.26. The lowest BCUT2D eigenvalue weighted by Crippen LogP contribution is -2.31. The van der Waals surface area contributed by atoms with Crippen LogP contribution in [0.5, 0.6) is 0 Å². The van der Waals surface area contributed by atoms with Gasteiger partial charge in [-0.25, -0.2) is 8.42 Å². The molecule has 100 valence electrons. The van der Waals surface area contributed by atoms with E-state index in [9.17, 15) is 13.2 Å². The molecule has 1 rings (SSSR count). The van der Waals surface area contributed by atoms with Crippen molar-refractivity contribution in [3.05, 3.63) is 28.7 Å². The van der Waals surface area contributed by atoms with E-state index in [-0.39, 0.29) is 17.5 Å². The predicted molar refractivity (Wildman–Crippen MR) is 70.6 cm³/mol. The topological polar surface area (TPSA) is 72.5 Å². The van der Waals surface area contributed by atoms with Crippen molar-refractivity contribution in [3.8, 4) is 0 Å². The van der Waals surface area contributed by atoms with Crippen molar-refractivity contribution in [2.24, 2.45) is 0 Å². The SMILES string of the molecule is CC(C)OC(=O)CNS(=O)(=O)c1ccccc1Br. The summed E-state index contributed by atoms with van der Waals surface area (Å²) in [7, 11) is -3.72. The summed E-state index contributed by atoms with van der Waals surface area (Å²) in [5, 5.41) is 0. The molecule has 18 heavy (non-hydrogen) atoms. The van der Waals surface area contributed by atoms with Crippen LogP contribution in [0.3, 0.4) is 0 Å². The molecule has 0 aliphatic heterocycles. The monoisotopic (exact) mass is 335 g/mol. The van der Waals surface area contributed by atoms with Crippen molar-refractivity contribution >= 4 is 31.9 Å². The van der Waals surface area contributed by atoms with Gasteiger partial charge in [-0.15, -0.1) is 0 Å². The predicted octanol–water partition coefficient (Wildman–Crippen LogP) is 1.68. The Morgan fingerprint density at radius 2 is 2.00 bits per heavy atom. The van der Waals surface area contributed by atoms with Gasteiger partial charge in [-0.3, -0.25) is 4.79 Å². The third-order valence-electron chi connectivity index (χ3n) is 1.90. The van der Waals surface area contributed by atoms with Crippen LogP contribution in [-0.4, -0.2) is 27.0 Å². The molecule has 1 aromatic carbocycles. The molecule has 0 saturated carbocycles. The first kappa shape index (κ1) is 15.1. The van der Waals surface area contributed by atoms with Crippen LogP contribution in [0.4, 0.5) is 0 Å². The van der Waals surface area contributed by atoms with Crippen LogP contribution in [-0.2, 0) is 19.6 Å².